The van der Waals surface area contributed by atoms with Gasteiger partial charge in [-0.2, -0.15) is 0 Å². The Balaban J connectivity index is 1.90. The molecule has 0 bridgehead atoms. The van der Waals surface area contributed by atoms with Crippen molar-refractivity contribution in [3.63, 3.8) is 0 Å². The molecule has 7 heteroatoms. The maximum absolute atomic E-state index is 12.4. The third-order valence-corrected chi connectivity index (χ3v) is 4.78. The van der Waals surface area contributed by atoms with Gasteiger partial charge in [-0.15, -0.1) is 0 Å². The highest BCUT2D eigenvalue weighted by atomic mass is 32.2. The van der Waals surface area contributed by atoms with E-state index < -0.39 is 5.97 Å². The maximum atomic E-state index is 12.4. The fraction of sp³-hybridized carbons (Fsp3) is 0.400. The molecule has 5 nitrogen and oxygen atoms in total. The summed E-state index contributed by atoms with van der Waals surface area (Å²) in [5.41, 5.74) is 0.953. The van der Waals surface area contributed by atoms with E-state index in [-0.39, 0.29) is 12.3 Å². The number of carbonyl (C=O) groups excluding carboxylic acids is 2. The Kier molecular flexibility index (Phi) is 5.79. The molecule has 1 aromatic heterocycles. The predicted molar refractivity (Wildman–Crippen MR) is 88.8 cm³/mol. The van der Waals surface area contributed by atoms with Crippen LogP contribution in [-0.4, -0.2) is 32.2 Å². The molecule has 0 unspecified atom stereocenters. The predicted octanol–water partition coefficient (Wildman–Crippen LogP) is 1.54. The van der Waals surface area contributed by atoms with E-state index in [4.69, 9.17) is 12.2 Å². The van der Waals surface area contributed by atoms with E-state index in [1.807, 2.05) is 36.0 Å². The van der Waals surface area contributed by atoms with E-state index >= 15 is 0 Å². The highest BCUT2D eigenvalue weighted by molar-refractivity contribution is 8.26. The molecule has 118 valence electrons. The molecule has 0 aliphatic carbocycles. The smallest absolute Gasteiger partial charge is 0.266 e. The van der Waals surface area contributed by atoms with Crippen LogP contribution in [-0.2, 0) is 16.6 Å². The largest absolute Gasteiger partial charge is 0.550 e. The molecule has 0 radical (unpaired) electrons. The Morgan fingerprint density at radius 2 is 2.18 bits per heavy atom. The van der Waals surface area contributed by atoms with Gasteiger partial charge in [-0.3, -0.25) is 9.69 Å². The minimum absolute atomic E-state index is 0.0613. The first kappa shape index (κ1) is 16.8. The molecule has 1 saturated heterocycles. The quantitative estimate of drug-likeness (QED) is 0.429. The van der Waals surface area contributed by atoms with Gasteiger partial charge in [-0.25, -0.2) is 0 Å². The third-order valence-electron chi connectivity index (χ3n) is 3.40. The minimum atomic E-state index is -1.03. The van der Waals surface area contributed by atoms with Crippen molar-refractivity contribution >= 4 is 46.3 Å². The number of unbranched alkanes of at least 4 members (excludes halogenated alkanes) is 2. The normalized spacial score (nSPS) is 16.8. The van der Waals surface area contributed by atoms with Gasteiger partial charge in [-0.05, 0) is 37.5 Å². The number of thiocarbonyl (C=S) groups is 1. The van der Waals surface area contributed by atoms with Crippen molar-refractivity contribution in [2.45, 2.75) is 25.7 Å². The first-order valence-corrected chi connectivity index (χ1v) is 8.28. The molecule has 1 aliphatic heterocycles. The number of carbonyl (C=O) groups is 2. The molecule has 2 rings (SSSR count). The molecular formula is C15H17N2O3S2-. The summed E-state index contributed by atoms with van der Waals surface area (Å²) < 4.78 is 2.50. The number of amides is 1. The average Bonchev–Trinajstić information content (AvgIpc) is 2.96. The molecule has 2 heterocycles. The van der Waals surface area contributed by atoms with Gasteiger partial charge in [0.05, 0.1) is 4.91 Å². The molecule has 22 heavy (non-hydrogen) atoms. The Morgan fingerprint density at radius 3 is 2.82 bits per heavy atom. The number of carboxylic acid groups (broad SMARTS) is 1. The van der Waals surface area contributed by atoms with Gasteiger partial charge >= 0.3 is 0 Å². The number of aryl methyl sites for hydroxylation is 1. The molecular weight excluding hydrogens is 320 g/mol. The standard InChI is InChI=1S/C15H18N2O3S2/c1-16-8-5-6-11(16)10-12-14(20)17(15(21)22-12)9-4-2-3-7-13(18)19/h5-6,8,10H,2-4,7,9H2,1H3,(H,18,19)/p-1/b12-10-. The van der Waals surface area contributed by atoms with E-state index in [0.29, 0.717) is 22.2 Å². The first-order valence-electron chi connectivity index (χ1n) is 7.05. The molecule has 1 aliphatic rings. The van der Waals surface area contributed by atoms with Crippen molar-refractivity contribution in [1.29, 1.82) is 0 Å². The molecule has 1 fully saturated rings. The van der Waals surface area contributed by atoms with Crippen molar-refractivity contribution in [3.05, 3.63) is 28.9 Å². The van der Waals surface area contributed by atoms with Crippen LogP contribution >= 0.6 is 24.0 Å². The fourth-order valence-corrected chi connectivity index (χ4v) is 3.46. The van der Waals surface area contributed by atoms with Crippen LogP contribution in [0.3, 0.4) is 0 Å². The molecule has 0 N–H and O–H groups in total. The molecule has 0 spiro atoms. The van der Waals surface area contributed by atoms with Crippen LogP contribution in [0.2, 0.25) is 0 Å². The number of hydrogen-bond acceptors (Lipinski definition) is 5. The Bertz CT molecular complexity index is 622. The second-order valence-corrected chi connectivity index (χ2v) is 6.74. The zero-order chi connectivity index (χ0) is 16.1. The highest BCUT2D eigenvalue weighted by Gasteiger charge is 2.31. The SMILES string of the molecule is Cn1cccc1/C=C1\SC(=S)N(CCCCCC(=O)[O-])C1=O. The molecule has 0 saturated carbocycles. The van der Waals surface area contributed by atoms with E-state index in [0.717, 1.165) is 18.5 Å². The Hall–Kier alpha value is -1.60. The van der Waals surface area contributed by atoms with E-state index in [1.165, 1.54) is 11.8 Å². The monoisotopic (exact) mass is 337 g/mol. The summed E-state index contributed by atoms with van der Waals surface area (Å²) in [6, 6.07) is 3.86. The lowest BCUT2D eigenvalue weighted by Crippen LogP contribution is -2.29. The fourth-order valence-electron chi connectivity index (χ4n) is 2.17. The van der Waals surface area contributed by atoms with Gasteiger partial charge in [0.15, 0.2) is 0 Å². The lowest BCUT2D eigenvalue weighted by Gasteiger charge is -2.14. The number of thioether (sulfide) groups is 1. The second kappa shape index (κ2) is 7.60. The zero-order valence-corrected chi connectivity index (χ0v) is 13.9. The van der Waals surface area contributed by atoms with E-state index in [9.17, 15) is 14.7 Å². The Morgan fingerprint density at radius 1 is 1.41 bits per heavy atom. The van der Waals surface area contributed by atoms with Crippen LogP contribution < -0.4 is 5.11 Å². The van der Waals surface area contributed by atoms with E-state index in [1.54, 1.807) is 4.90 Å². The Labute approximate surface area is 139 Å². The number of rotatable bonds is 7. The molecule has 1 aromatic rings. The first-order chi connectivity index (χ1) is 10.5. The zero-order valence-electron chi connectivity index (χ0n) is 12.3. The number of aliphatic carboxylic acids is 1. The molecule has 0 atom stereocenters. The topological polar surface area (TPSA) is 65.4 Å². The van der Waals surface area contributed by atoms with Crippen LogP contribution in [0.15, 0.2) is 23.2 Å². The van der Waals surface area contributed by atoms with Gasteiger partial charge in [0.1, 0.15) is 4.32 Å². The maximum Gasteiger partial charge on any atom is 0.266 e. The van der Waals surface area contributed by atoms with Crippen molar-refractivity contribution in [1.82, 2.24) is 9.47 Å². The highest BCUT2D eigenvalue weighted by Crippen LogP contribution is 2.32. The summed E-state index contributed by atoms with van der Waals surface area (Å²) in [4.78, 5) is 24.9. The number of nitrogens with zero attached hydrogens (tertiary/aromatic N) is 2. The summed E-state index contributed by atoms with van der Waals surface area (Å²) in [6.07, 6.45) is 5.86. The van der Waals surface area contributed by atoms with Crippen molar-refractivity contribution in [2.75, 3.05) is 6.54 Å². The molecule has 0 aromatic carbocycles. The van der Waals surface area contributed by atoms with Crippen LogP contribution in [0.5, 0.6) is 0 Å². The second-order valence-electron chi connectivity index (χ2n) is 5.06. The van der Waals surface area contributed by atoms with Gasteiger partial charge in [-0.1, -0.05) is 30.4 Å². The van der Waals surface area contributed by atoms with Crippen molar-refractivity contribution in [3.8, 4) is 0 Å². The van der Waals surface area contributed by atoms with Gasteiger partial charge in [0, 0.05) is 31.5 Å². The third kappa shape index (κ3) is 4.20. The van der Waals surface area contributed by atoms with Crippen LogP contribution in [0.4, 0.5) is 0 Å². The van der Waals surface area contributed by atoms with Gasteiger partial charge in [0.2, 0.25) is 0 Å². The van der Waals surface area contributed by atoms with Crippen LogP contribution in [0, 0.1) is 0 Å². The van der Waals surface area contributed by atoms with Gasteiger partial charge < -0.3 is 14.5 Å². The lowest BCUT2D eigenvalue weighted by atomic mass is 10.2. The van der Waals surface area contributed by atoms with Crippen LogP contribution in [0.25, 0.3) is 6.08 Å². The number of aromatic nitrogens is 1. The number of carboxylic acids is 1. The summed E-state index contributed by atoms with van der Waals surface area (Å²) in [7, 11) is 1.92. The summed E-state index contributed by atoms with van der Waals surface area (Å²) in [6.45, 7) is 0.530. The lowest BCUT2D eigenvalue weighted by molar-refractivity contribution is -0.305. The average molecular weight is 337 g/mol. The van der Waals surface area contributed by atoms with Crippen molar-refractivity contribution < 1.29 is 14.7 Å². The van der Waals surface area contributed by atoms with Gasteiger partial charge in [0.25, 0.3) is 5.91 Å². The minimum Gasteiger partial charge on any atom is -0.550 e. The molecule has 1 amide bonds. The van der Waals surface area contributed by atoms with E-state index in [2.05, 4.69) is 0 Å². The summed E-state index contributed by atoms with van der Waals surface area (Å²) in [5, 5.41) is 10.3. The summed E-state index contributed by atoms with van der Waals surface area (Å²) >= 11 is 6.57. The summed E-state index contributed by atoms with van der Waals surface area (Å²) in [5.74, 6) is -1.10. The number of hydrogen-bond donors (Lipinski definition) is 0. The van der Waals surface area contributed by atoms with Crippen molar-refractivity contribution in [2.24, 2.45) is 7.05 Å². The van der Waals surface area contributed by atoms with Crippen LogP contribution in [0.1, 0.15) is 31.4 Å².